The van der Waals surface area contributed by atoms with Crippen molar-refractivity contribution in [1.82, 2.24) is 0 Å². The summed E-state index contributed by atoms with van der Waals surface area (Å²) in [5.74, 6) is -17.1. The molecule has 0 radical (unpaired) electrons. The van der Waals surface area contributed by atoms with Crippen LogP contribution < -0.4 is 5.73 Å². The Kier molecular flexibility index (Phi) is 8.86. The fraction of sp³-hybridized carbons (Fsp3) is 0.923. The Bertz CT molecular complexity index is 554. The molecule has 0 aliphatic rings. The number of hydrogen-bond acceptors (Lipinski definition) is 5. The van der Waals surface area contributed by atoms with Gasteiger partial charge in [0, 0.05) is 19.1 Å². The lowest BCUT2D eigenvalue weighted by Gasteiger charge is -2.35. The van der Waals surface area contributed by atoms with Gasteiger partial charge in [-0.15, -0.1) is 4.94 Å². The highest BCUT2D eigenvalue weighted by molar-refractivity contribution is 5.86. The highest BCUT2D eigenvalue weighted by Gasteiger charge is 2.80. The SMILES string of the molecule is CC(N)COCC(C)CC(=O)C(F)(OC(F)(F)C(F)(OF)C(F)(F)F)C(F)(F)F. The average Bonchev–Trinajstić information content (AvgIpc) is 2.50. The summed E-state index contributed by atoms with van der Waals surface area (Å²) in [5, 5.41) is 0. The molecule has 0 saturated carbocycles. The van der Waals surface area contributed by atoms with Gasteiger partial charge in [-0.3, -0.25) is 9.53 Å². The summed E-state index contributed by atoms with van der Waals surface area (Å²) in [5.41, 5.74) is 5.29. The Hall–Kier alpha value is -1.26. The Balaban J connectivity index is 5.71. The maximum atomic E-state index is 14.1. The van der Waals surface area contributed by atoms with Crippen molar-refractivity contribution in [3.63, 3.8) is 0 Å². The lowest BCUT2D eigenvalue weighted by molar-refractivity contribution is -0.525. The monoisotopic (exact) mass is 459 g/mol. The summed E-state index contributed by atoms with van der Waals surface area (Å²) in [4.78, 5) is 13.0. The smallest absolute Gasteiger partial charge is 0.380 e. The molecule has 0 spiro atoms. The van der Waals surface area contributed by atoms with Crippen LogP contribution in [0.15, 0.2) is 0 Å². The van der Waals surface area contributed by atoms with E-state index in [1.54, 1.807) is 0 Å². The summed E-state index contributed by atoms with van der Waals surface area (Å²) in [6, 6.07) is -0.545. The van der Waals surface area contributed by atoms with Crippen molar-refractivity contribution in [3.05, 3.63) is 0 Å². The van der Waals surface area contributed by atoms with Gasteiger partial charge in [-0.1, -0.05) is 6.92 Å². The maximum Gasteiger partial charge on any atom is 0.461 e. The number of hydrogen-bond donors (Lipinski definition) is 1. The molecule has 0 bridgehead atoms. The number of alkyl halides is 10. The highest BCUT2D eigenvalue weighted by atomic mass is 19.4. The predicted molar refractivity (Wildman–Crippen MR) is 71.3 cm³/mol. The third-order valence-corrected chi connectivity index (χ3v) is 3.15. The minimum absolute atomic E-state index is 0.156. The molecule has 0 heterocycles. The summed E-state index contributed by atoms with van der Waals surface area (Å²) in [6.45, 7) is 1.77. The third-order valence-electron chi connectivity index (χ3n) is 3.15. The third kappa shape index (κ3) is 6.36. The molecular formula is C13H16F11NO4. The van der Waals surface area contributed by atoms with Crippen molar-refractivity contribution in [2.45, 2.75) is 56.5 Å². The quantitative estimate of drug-likeness (QED) is 0.475. The van der Waals surface area contributed by atoms with Crippen LogP contribution in [-0.2, 0) is 19.2 Å². The first-order chi connectivity index (χ1) is 12.7. The lowest BCUT2D eigenvalue weighted by Crippen LogP contribution is -2.63. The van der Waals surface area contributed by atoms with Crippen molar-refractivity contribution < 1.29 is 67.6 Å². The number of halogens is 11. The highest BCUT2D eigenvalue weighted by Crippen LogP contribution is 2.51. The van der Waals surface area contributed by atoms with Crippen LogP contribution >= 0.6 is 0 Å². The molecule has 0 aromatic carbocycles. The van der Waals surface area contributed by atoms with Crippen molar-refractivity contribution in [3.8, 4) is 0 Å². The topological polar surface area (TPSA) is 70.8 Å². The van der Waals surface area contributed by atoms with Crippen LogP contribution in [0.4, 0.5) is 48.4 Å². The average molecular weight is 459 g/mol. The van der Waals surface area contributed by atoms with Crippen LogP contribution in [0, 0.1) is 5.92 Å². The number of rotatable bonds is 11. The van der Waals surface area contributed by atoms with E-state index >= 15 is 0 Å². The molecule has 0 amide bonds. The Morgan fingerprint density at radius 2 is 1.38 bits per heavy atom. The first-order valence-corrected chi connectivity index (χ1v) is 7.50. The Morgan fingerprint density at radius 1 is 0.897 bits per heavy atom. The van der Waals surface area contributed by atoms with E-state index in [0.29, 0.717) is 0 Å². The Labute approximate surface area is 156 Å². The molecule has 4 atom stereocenters. The molecule has 0 aromatic rings. The zero-order valence-corrected chi connectivity index (χ0v) is 14.6. The summed E-state index contributed by atoms with van der Waals surface area (Å²) >= 11 is 0. The summed E-state index contributed by atoms with van der Waals surface area (Å²) < 4.78 is 148. The molecule has 4 unspecified atom stereocenters. The number of ketones is 1. The van der Waals surface area contributed by atoms with Crippen LogP contribution in [0.25, 0.3) is 0 Å². The zero-order valence-electron chi connectivity index (χ0n) is 14.6. The number of nitrogens with two attached hydrogens (primary N) is 1. The van der Waals surface area contributed by atoms with Crippen LogP contribution in [-0.4, -0.2) is 55.2 Å². The maximum absolute atomic E-state index is 14.1. The molecule has 0 aliphatic carbocycles. The number of carbonyl (C=O) groups is 1. The Morgan fingerprint density at radius 3 is 1.72 bits per heavy atom. The van der Waals surface area contributed by atoms with Gasteiger partial charge in [-0.2, -0.15) is 43.9 Å². The van der Waals surface area contributed by atoms with Crippen molar-refractivity contribution >= 4 is 5.78 Å². The van der Waals surface area contributed by atoms with E-state index in [9.17, 15) is 53.2 Å². The van der Waals surface area contributed by atoms with Crippen LogP contribution in [0.1, 0.15) is 20.3 Å². The second-order valence-corrected chi connectivity index (χ2v) is 6.13. The predicted octanol–water partition coefficient (Wildman–Crippen LogP) is 3.91. The van der Waals surface area contributed by atoms with Gasteiger partial charge in [0.1, 0.15) is 0 Å². The number of Topliss-reactive ketones (excluding diaryl/α,β-unsaturated/α-hetero) is 1. The van der Waals surface area contributed by atoms with Gasteiger partial charge in [-0.25, -0.2) is 0 Å². The van der Waals surface area contributed by atoms with Crippen LogP contribution in [0.5, 0.6) is 0 Å². The van der Waals surface area contributed by atoms with Gasteiger partial charge >= 0.3 is 30.2 Å². The fourth-order valence-electron chi connectivity index (χ4n) is 1.73. The molecule has 0 rings (SSSR count). The van der Waals surface area contributed by atoms with E-state index in [2.05, 4.69) is 4.74 Å². The lowest BCUT2D eigenvalue weighted by atomic mass is 10.00. The van der Waals surface area contributed by atoms with Gasteiger partial charge in [0.2, 0.25) is 5.78 Å². The normalized spacial score (nSPS) is 19.9. The van der Waals surface area contributed by atoms with Gasteiger partial charge in [0.15, 0.2) is 0 Å². The standard InChI is InChI=1S/C13H16F11NO4/c1-6(4-27-5-7(2)25)3-8(26)9(14,11(16,17)18)28-13(22,23)10(15,29-24)12(19,20)21/h6-7H,3-5,25H2,1-2H3. The van der Waals surface area contributed by atoms with E-state index in [1.165, 1.54) is 11.9 Å². The number of carbonyl (C=O) groups excluding carboxylic acids is 1. The molecule has 0 saturated heterocycles. The van der Waals surface area contributed by atoms with Gasteiger partial charge < -0.3 is 10.5 Å². The minimum Gasteiger partial charge on any atom is -0.380 e. The first kappa shape index (κ1) is 27.7. The van der Waals surface area contributed by atoms with E-state index in [1.807, 2.05) is 0 Å². The largest absolute Gasteiger partial charge is 0.461 e. The fourth-order valence-corrected chi connectivity index (χ4v) is 1.73. The van der Waals surface area contributed by atoms with E-state index in [-0.39, 0.29) is 6.61 Å². The summed E-state index contributed by atoms with van der Waals surface area (Å²) in [6.07, 6.45) is -22.2. The second kappa shape index (κ2) is 9.26. The van der Waals surface area contributed by atoms with Crippen molar-refractivity contribution in [1.29, 1.82) is 0 Å². The van der Waals surface area contributed by atoms with E-state index in [4.69, 9.17) is 10.5 Å². The zero-order chi connectivity index (χ0) is 23.5. The van der Waals surface area contributed by atoms with Crippen LogP contribution in [0.3, 0.4) is 0 Å². The van der Waals surface area contributed by atoms with E-state index < -0.39 is 60.9 Å². The van der Waals surface area contributed by atoms with Crippen molar-refractivity contribution in [2.75, 3.05) is 13.2 Å². The minimum atomic E-state index is -7.01. The molecule has 0 fully saturated rings. The molecule has 0 aromatic heterocycles. The second-order valence-electron chi connectivity index (χ2n) is 6.13. The van der Waals surface area contributed by atoms with Crippen LogP contribution in [0.2, 0.25) is 0 Å². The molecule has 16 heteroatoms. The molecular weight excluding hydrogens is 443 g/mol. The van der Waals surface area contributed by atoms with Crippen molar-refractivity contribution in [2.24, 2.45) is 11.7 Å². The molecule has 2 N–H and O–H groups in total. The molecule has 29 heavy (non-hydrogen) atoms. The van der Waals surface area contributed by atoms with Gasteiger partial charge in [0.25, 0.3) is 0 Å². The molecule has 174 valence electrons. The van der Waals surface area contributed by atoms with Gasteiger partial charge in [0.05, 0.1) is 6.61 Å². The van der Waals surface area contributed by atoms with E-state index in [0.717, 1.165) is 6.92 Å². The molecule has 5 nitrogen and oxygen atoms in total. The molecule has 0 aliphatic heterocycles. The van der Waals surface area contributed by atoms with Gasteiger partial charge in [-0.05, 0) is 17.4 Å². The summed E-state index contributed by atoms with van der Waals surface area (Å²) in [7, 11) is 0. The first-order valence-electron chi connectivity index (χ1n) is 7.50. The number of ether oxygens (including phenoxy) is 2.